The van der Waals surface area contributed by atoms with Gasteiger partial charge in [-0.25, -0.2) is 9.36 Å². The van der Waals surface area contributed by atoms with Crippen molar-refractivity contribution in [3.63, 3.8) is 0 Å². The van der Waals surface area contributed by atoms with E-state index in [2.05, 4.69) is 5.09 Å². The van der Waals surface area contributed by atoms with Gasteiger partial charge in [-0.3, -0.25) is 23.7 Å². The minimum atomic E-state index is -4.26. The zero-order chi connectivity index (χ0) is 28.0. The first-order chi connectivity index (χ1) is 18.6. The largest absolute Gasteiger partial charge is 0.460 e. The number of halogens is 1. The van der Waals surface area contributed by atoms with E-state index in [9.17, 15) is 28.4 Å². The first-order valence-corrected chi connectivity index (χ1v) is 13.5. The van der Waals surface area contributed by atoms with Crippen LogP contribution in [0.25, 0.3) is 0 Å². The fourth-order valence-electron chi connectivity index (χ4n) is 3.74. The molecule has 0 radical (unpaired) electrons. The summed E-state index contributed by atoms with van der Waals surface area (Å²) in [4.78, 5) is 37.8. The van der Waals surface area contributed by atoms with Crippen molar-refractivity contribution in [2.45, 2.75) is 44.4 Å². The van der Waals surface area contributed by atoms with Crippen LogP contribution in [-0.2, 0) is 30.0 Å². The number of hydrogen-bond acceptors (Lipinski definition) is 9. The molecule has 12 nitrogen and oxygen atoms in total. The number of hydrogen-bond donors (Lipinski definition) is 3. The lowest BCUT2D eigenvalue weighted by atomic mass is 10.2. The number of para-hydroxylation sites is 1. The van der Waals surface area contributed by atoms with E-state index in [1.54, 1.807) is 42.5 Å². The van der Waals surface area contributed by atoms with Crippen LogP contribution in [0.2, 0.25) is 0 Å². The summed E-state index contributed by atoms with van der Waals surface area (Å²) in [5.74, 6) is -1.74. The van der Waals surface area contributed by atoms with Crippen molar-refractivity contribution in [3.8, 4) is 5.75 Å². The number of aliphatic hydroxyl groups is 1. The maximum atomic E-state index is 13.7. The van der Waals surface area contributed by atoms with Crippen LogP contribution in [0.5, 0.6) is 5.75 Å². The summed E-state index contributed by atoms with van der Waals surface area (Å²) < 4.78 is 50.2. The summed E-state index contributed by atoms with van der Waals surface area (Å²) in [6.07, 6.45) is -2.89. The van der Waals surface area contributed by atoms with Crippen molar-refractivity contribution < 1.29 is 37.4 Å². The molecule has 1 fully saturated rings. The number of benzene rings is 2. The quantitative estimate of drug-likeness (QED) is 0.233. The third-order valence-corrected chi connectivity index (χ3v) is 7.39. The third kappa shape index (κ3) is 7.49. The second kappa shape index (κ2) is 12.5. The maximum Gasteiger partial charge on any atom is 0.459 e. The van der Waals surface area contributed by atoms with Crippen LogP contribution in [0, 0.1) is 5.82 Å². The van der Waals surface area contributed by atoms with Gasteiger partial charge in [0.25, 0.3) is 5.56 Å². The van der Waals surface area contributed by atoms with Crippen LogP contribution in [-0.4, -0.2) is 45.5 Å². The summed E-state index contributed by atoms with van der Waals surface area (Å²) in [5, 5.41) is 13.0. The standard InChI is InChI=1S/C25H27FN3O9P/c1-16(24(32)35-14-17-8-4-2-5-9-17)28-39(34,38-18-10-6-3-7-11-18)36-15-21-20(30)12-22(37-21)29-13-19(26)23(31)27-25(29)33/h2-11,13,16,20-22,30H,12,14-15H2,1H3,(H,28,34)(H,27,31,33)/t16-,20?,21+,22+,39?/m0/s1. The molecule has 0 bridgehead atoms. The number of carbonyl (C=O) groups is 1. The van der Waals surface area contributed by atoms with Crippen molar-refractivity contribution >= 4 is 13.7 Å². The number of nitrogens with one attached hydrogen (secondary N) is 2. The average molecular weight is 563 g/mol. The Morgan fingerprint density at radius 1 is 1.21 bits per heavy atom. The Balaban J connectivity index is 1.43. The molecule has 2 aromatic carbocycles. The fraction of sp³-hybridized carbons (Fsp3) is 0.320. The van der Waals surface area contributed by atoms with E-state index in [1.165, 1.54) is 19.1 Å². The highest BCUT2D eigenvalue weighted by molar-refractivity contribution is 7.52. The number of rotatable bonds is 11. The number of esters is 1. The monoisotopic (exact) mass is 563 g/mol. The molecule has 14 heteroatoms. The summed E-state index contributed by atoms with van der Waals surface area (Å²) in [5.41, 5.74) is -1.35. The molecule has 5 atom stereocenters. The van der Waals surface area contributed by atoms with Crippen LogP contribution < -0.4 is 20.9 Å². The lowest BCUT2D eigenvalue weighted by Gasteiger charge is -2.24. The summed E-state index contributed by atoms with van der Waals surface area (Å²) in [6, 6.07) is 16.0. The van der Waals surface area contributed by atoms with Crippen molar-refractivity contribution in [3.05, 3.63) is 99.1 Å². The summed E-state index contributed by atoms with van der Waals surface area (Å²) in [7, 11) is -4.26. The molecule has 0 aliphatic carbocycles. The molecule has 3 N–H and O–H groups in total. The lowest BCUT2D eigenvalue weighted by Crippen LogP contribution is -2.36. The van der Waals surface area contributed by atoms with Crippen LogP contribution >= 0.6 is 7.75 Å². The zero-order valence-electron chi connectivity index (χ0n) is 20.8. The zero-order valence-corrected chi connectivity index (χ0v) is 21.7. The van der Waals surface area contributed by atoms with Gasteiger partial charge in [-0.15, -0.1) is 0 Å². The van der Waals surface area contributed by atoms with E-state index >= 15 is 0 Å². The minimum Gasteiger partial charge on any atom is -0.460 e. The highest BCUT2D eigenvalue weighted by Gasteiger charge is 2.39. The molecule has 39 heavy (non-hydrogen) atoms. The Morgan fingerprint density at radius 2 is 1.87 bits per heavy atom. The number of carbonyl (C=O) groups excluding carboxylic acids is 1. The molecule has 2 heterocycles. The van der Waals surface area contributed by atoms with Gasteiger partial charge >= 0.3 is 19.4 Å². The smallest absolute Gasteiger partial charge is 0.459 e. The molecule has 1 aromatic heterocycles. The first kappa shape index (κ1) is 28.4. The van der Waals surface area contributed by atoms with Gasteiger partial charge in [0.05, 0.1) is 18.9 Å². The van der Waals surface area contributed by atoms with E-state index in [0.717, 1.165) is 10.1 Å². The maximum absolute atomic E-state index is 13.7. The second-order valence-electron chi connectivity index (χ2n) is 8.72. The highest BCUT2D eigenvalue weighted by atomic mass is 31.2. The first-order valence-electron chi connectivity index (χ1n) is 12.0. The van der Waals surface area contributed by atoms with Gasteiger partial charge in [-0.2, -0.15) is 9.48 Å². The average Bonchev–Trinajstić information content (AvgIpc) is 3.29. The molecule has 0 saturated carbocycles. The topological polar surface area (TPSA) is 158 Å². The van der Waals surface area contributed by atoms with E-state index in [4.69, 9.17) is 18.5 Å². The van der Waals surface area contributed by atoms with Crippen molar-refractivity contribution in [2.75, 3.05) is 6.61 Å². The number of aliphatic hydroxyl groups excluding tert-OH is 1. The van der Waals surface area contributed by atoms with Crippen LogP contribution in [0.3, 0.4) is 0 Å². The predicted octanol–water partition coefficient (Wildman–Crippen LogP) is 2.25. The highest BCUT2D eigenvalue weighted by Crippen LogP contribution is 2.46. The molecule has 3 aromatic rings. The minimum absolute atomic E-state index is 0.00457. The molecule has 208 valence electrons. The fourth-order valence-corrected chi connectivity index (χ4v) is 5.24. The summed E-state index contributed by atoms with van der Waals surface area (Å²) >= 11 is 0. The normalized spacial score (nSPS) is 21.2. The van der Waals surface area contributed by atoms with Crippen LogP contribution in [0.4, 0.5) is 4.39 Å². The Hall–Kier alpha value is -3.61. The Bertz CT molecular complexity index is 1430. The van der Waals surface area contributed by atoms with Gasteiger partial charge in [0, 0.05) is 6.42 Å². The molecule has 0 spiro atoms. The molecular weight excluding hydrogens is 536 g/mol. The van der Waals surface area contributed by atoms with Gasteiger partial charge in [0.2, 0.25) is 5.82 Å². The second-order valence-corrected chi connectivity index (χ2v) is 10.4. The summed E-state index contributed by atoms with van der Waals surface area (Å²) in [6.45, 7) is 0.942. The molecule has 1 saturated heterocycles. The molecule has 4 rings (SSSR count). The van der Waals surface area contributed by atoms with Crippen LogP contribution in [0.15, 0.2) is 76.4 Å². The van der Waals surface area contributed by atoms with E-state index < -0.39 is 61.9 Å². The molecule has 1 aliphatic heterocycles. The number of aromatic amines is 1. The Kier molecular flexibility index (Phi) is 9.10. The Labute approximate surface area is 221 Å². The lowest BCUT2D eigenvalue weighted by molar-refractivity contribution is -0.146. The number of aromatic nitrogens is 2. The number of nitrogens with zero attached hydrogens (tertiary/aromatic N) is 1. The predicted molar refractivity (Wildman–Crippen MR) is 135 cm³/mol. The number of H-pyrrole nitrogens is 1. The van der Waals surface area contributed by atoms with E-state index in [1.807, 2.05) is 11.1 Å². The van der Waals surface area contributed by atoms with Gasteiger partial charge in [0.15, 0.2) is 0 Å². The molecule has 1 aliphatic rings. The van der Waals surface area contributed by atoms with Gasteiger partial charge in [0.1, 0.15) is 30.7 Å². The molecule has 0 amide bonds. The van der Waals surface area contributed by atoms with Gasteiger partial charge < -0.3 is 19.1 Å². The third-order valence-electron chi connectivity index (χ3n) is 5.75. The SMILES string of the molecule is C[C@H](NP(=O)(OC[C@H]1O[C@@H](n2cc(F)c(=O)[nH]c2=O)CC1O)Oc1ccccc1)C(=O)OCc1ccccc1. The van der Waals surface area contributed by atoms with Crippen molar-refractivity contribution in [1.82, 2.24) is 14.6 Å². The van der Waals surface area contributed by atoms with Crippen molar-refractivity contribution in [1.29, 1.82) is 0 Å². The molecular formula is C25H27FN3O9P. The number of ether oxygens (including phenoxy) is 2. The van der Waals surface area contributed by atoms with Gasteiger partial charge in [-0.05, 0) is 24.6 Å². The van der Waals surface area contributed by atoms with Crippen LogP contribution in [0.1, 0.15) is 25.1 Å². The molecule has 2 unspecified atom stereocenters. The Morgan fingerprint density at radius 3 is 2.56 bits per heavy atom. The van der Waals surface area contributed by atoms with Crippen molar-refractivity contribution in [2.24, 2.45) is 0 Å². The van der Waals surface area contributed by atoms with E-state index in [-0.39, 0.29) is 18.8 Å². The van der Waals surface area contributed by atoms with E-state index in [0.29, 0.717) is 6.20 Å². The van der Waals surface area contributed by atoms with Gasteiger partial charge in [-0.1, -0.05) is 48.5 Å².